The number of hydrogen-bond acceptors (Lipinski definition) is 6. The molecule has 2 N–H and O–H groups in total. The molecule has 2 aromatic rings. The predicted molar refractivity (Wildman–Crippen MR) is 86.6 cm³/mol. The third-order valence-corrected chi connectivity index (χ3v) is 3.75. The number of nitrogens with one attached hydrogen (secondary N) is 1. The highest BCUT2D eigenvalue weighted by molar-refractivity contribution is 7.13. The number of nitriles is 1. The van der Waals surface area contributed by atoms with E-state index in [0.29, 0.717) is 11.3 Å². The van der Waals surface area contributed by atoms with E-state index in [1.54, 1.807) is 6.07 Å². The second kappa shape index (κ2) is 7.17. The van der Waals surface area contributed by atoms with E-state index in [-0.39, 0.29) is 16.1 Å². The van der Waals surface area contributed by atoms with E-state index in [9.17, 15) is 19.7 Å². The number of anilines is 1. The topological polar surface area (TPSA) is 133 Å². The minimum Gasteiger partial charge on any atom is -0.478 e. The molecular formula is C15H9N3O5S. The molecule has 0 aliphatic heterocycles. The Morgan fingerprint density at radius 2 is 2.00 bits per heavy atom. The fraction of sp³-hybridized carbons (Fsp3) is 0. The van der Waals surface area contributed by atoms with Crippen LogP contribution in [0.4, 0.5) is 10.7 Å². The summed E-state index contributed by atoms with van der Waals surface area (Å²) in [7, 11) is 0. The van der Waals surface area contributed by atoms with Crippen LogP contribution in [0.15, 0.2) is 41.3 Å². The quantitative estimate of drug-likeness (QED) is 0.371. The molecule has 24 heavy (non-hydrogen) atoms. The number of benzene rings is 1. The van der Waals surface area contributed by atoms with Gasteiger partial charge in [-0.2, -0.15) is 5.26 Å². The average molecular weight is 343 g/mol. The van der Waals surface area contributed by atoms with Gasteiger partial charge in [-0.25, -0.2) is 4.79 Å². The van der Waals surface area contributed by atoms with Gasteiger partial charge in [0, 0.05) is 17.1 Å². The van der Waals surface area contributed by atoms with Gasteiger partial charge in [-0.1, -0.05) is 11.3 Å². The van der Waals surface area contributed by atoms with Crippen molar-refractivity contribution in [2.75, 3.05) is 5.32 Å². The number of nitrogens with zero attached hydrogens (tertiary/aromatic N) is 2. The standard InChI is InChI=1S/C15H9N3O5S/c16-7-11(5-9-6-13(18(22)23)24-8-9)14(19)17-12-3-1-10(2-4-12)15(20)21/h1-6,8H,(H,17,19)(H,20,21)/b11-5+. The number of amides is 1. The van der Waals surface area contributed by atoms with Crippen LogP contribution >= 0.6 is 11.3 Å². The Kier molecular flexibility index (Phi) is 5.03. The molecule has 0 fully saturated rings. The summed E-state index contributed by atoms with van der Waals surface area (Å²) < 4.78 is 0. The molecule has 120 valence electrons. The fourth-order valence-electron chi connectivity index (χ4n) is 1.72. The van der Waals surface area contributed by atoms with Crippen LogP contribution in [-0.4, -0.2) is 21.9 Å². The normalized spacial score (nSPS) is 10.7. The van der Waals surface area contributed by atoms with Crippen LogP contribution in [0.5, 0.6) is 0 Å². The Bertz CT molecular complexity index is 877. The number of hydrogen-bond donors (Lipinski definition) is 2. The molecule has 0 radical (unpaired) electrons. The van der Waals surface area contributed by atoms with Gasteiger partial charge < -0.3 is 10.4 Å². The average Bonchev–Trinajstić information content (AvgIpc) is 3.02. The van der Waals surface area contributed by atoms with E-state index in [4.69, 9.17) is 10.4 Å². The summed E-state index contributed by atoms with van der Waals surface area (Å²) in [6.07, 6.45) is 1.24. The first-order chi connectivity index (χ1) is 11.4. The van der Waals surface area contributed by atoms with Crippen LogP contribution in [0.3, 0.4) is 0 Å². The second-order valence-electron chi connectivity index (χ2n) is 4.48. The summed E-state index contributed by atoms with van der Waals surface area (Å²) in [6.45, 7) is 0. The van der Waals surface area contributed by atoms with Crippen molar-refractivity contribution < 1.29 is 19.6 Å². The third-order valence-electron chi connectivity index (χ3n) is 2.85. The van der Waals surface area contributed by atoms with Gasteiger partial charge >= 0.3 is 11.0 Å². The van der Waals surface area contributed by atoms with Crippen molar-refractivity contribution in [1.82, 2.24) is 0 Å². The first kappa shape index (κ1) is 16.9. The van der Waals surface area contributed by atoms with Crippen LogP contribution in [0.1, 0.15) is 15.9 Å². The van der Waals surface area contributed by atoms with Crippen molar-refractivity contribution in [3.8, 4) is 6.07 Å². The molecule has 8 nitrogen and oxygen atoms in total. The van der Waals surface area contributed by atoms with Crippen molar-refractivity contribution in [3.63, 3.8) is 0 Å². The Hall–Kier alpha value is -3.51. The maximum Gasteiger partial charge on any atom is 0.335 e. The molecule has 1 aromatic heterocycles. The lowest BCUT2D eigenvalue weighted by atomic mass is 10.1. The van der Waals surface area contributed by atoms with Gasteiger partial charge in [0.1, 0.15) is 11.6 Å². The smallest absolute Gasteiger partial charge is 0.335 e. The molecule has 0 atom stereocenters. The van der Waals surface area contributed by atoms with E-state index in [2.05, 4.69) is 5.32 Å². The Morgan fingerprint density at radius 3 is 2.50 bits per heavy atom. The molecule has 0 aliphatic carbocycles. The second-order valence-corrected chi connectivity index (χ2v) is 5.37. The van der Waals surface area contributed by atoms with Gasteiger partial charge in [0.15, 0.2) is 0 Å². The molecule has 1 amide bonds. The summed E-state index contributed by atoms with van der Waals surface area (Å²) in [4.78, 5) is 32.9. The zero-order valence-corrected chi connectivity index (χ0v) is 12.7. The van der Waals surface area contributed by atoms with Crippen molar-refractivity contribution in [2.45, 2.75) is 0 Å². The molecule has 2 rings (SSSR count). The van der Waals surface area contributed by atoms with Crippen molar-refractivity contribution in [3.05, 3.63) is 62.5 Å². The number of carbonyl (C=O) groups is 2. The number of nitro groups is 1. The molecule has 9 heteroatoms. The Balaban J connectivity index is 2.16. The molecule has 0 spiro atoms. The molecule has 0 saturated heterocycles. The van der Waals surface area contributed by atoms with Crippen molar-refractivity contribution >= 4 is 40.0 Å². The number of rotatable bonds is 5. The van der Waals surface area contributed by atoms with Crippen LogP contribution in [0, 0.1) is 21.4 Å². The molecule has 0 saturated carbocycles. The lowest BCUT2D eigenvalue weighted by Gasteiger charge is -2.04. The van der Waals surface area contributed by atoms with Gasteiger partial charge in [0.2, 0.25) is 0 Å². The number of carboxylic acids is 1. The Labute approximate surface area is 139 Å². The van der Waals surface area contributed by atoms with E-state index in [1.165, 1.54) is 41.8 Å². The van der Waals surface area contributed by atoms with Crippen LogP contribution in [0.2, 0.25) is 0 Å². The molecule has 1 aromatic carbocycles. The van der Waals surface area contributed by atoms with E-state index in [1.807, 2.05) is 0 Å². The third kappa shape index (κ3) is 4.02. The SMILES string of the molecule is N#C/C(=C\c1csc([N+](=O)[O-])c1)C(=O)Nc1ccc(C(=O)O)cc1. The van der Waals surface area contributed by atoms with Crippen LogP contribution in [0.25, 0.3) is 6.08 Å². The number of aromatic carboxylic acids is 1. The summed E-state index contributed by atoms with van der Waals surface area (Å²) in [5.41, 5.74) is 0.529. The lowest BCUT2D eigenvalue weighted by molar-refractivity contribution is -0.380. The van der Waals surface area contributed by atoms with Gasteiger partial charge in [-0.15, -0.1) is 0 Å². The van der Waals surface area contributed by atoms with E-state index in [0.717, 1.165) is 11.3 Å². The highest BCUT2D eigenvalue weighted by Gasteiger charge is 2.13. The van der Waals surface area contributed by atoms with Crippen molar-refractivity contribution in [2.24, 2.45) is 0 Å². The number of carbonyl (C=O) groups excluding carboxylic acids is 1. The monoisotopic (exact) mass is 343 g/mol. The van der Waals surface area contributed by atoms with Crippen LogP contribution in [-0.2, 0) is 4.79 Å². The van der Waals surface area contributed by atoms with E-state index >= 15 is 0 Å². The zero-order chi connectivity index (χ0) is 17.7. The highest BCUT2D eigenvalue weighted by Crippen LogP contribution is 2.24. The maximum absolute atomic E-state index is 12.1. The summed E-state index contributed by atoms with van der Waals surface area (Å²) in [5, 5.41) is 32.3. The molecule has 0 bridgehead atoms. The molecule has 0 unspecified atom stereocenters. The summed E-state index contributed by atoms with van der Waals surface area (Å²) in [6, 6.07) is 8.41. The number of carboxylic acid groups (broad SMARTS) is 1. The largest absolute Gasteiger partial charge is 0.478 e. The number of thiophene rings is 1. The lowest BCUT2D eigenvalue weighted by Crippen LogP contribution is -2.13. The van der Waals surface area contributed by atoms with Crippen LogP contribution < -0.4 is 5.32 Å². The summed E-state index contributed by atoms with van der Waals surface area (Å²) >= 11 is 0.890. The highest BCUT2D eigenvalue weighted by atomic mass is 32.1. The van der Waals surface area contributed by atoms with Gasteiger partial charge in [0.05, 0.1) is 10.5 Å². The minimum atomic E-state index is -1.09. The molecule has 1 heterocycles. The first-order valence-electron chi connectivity index (χ1n) is 6.40. The van der Waals surface area contributed by atoms with Gasteiger partial charge in [0.25, 0.3) is 5.91 Å². The Morgan fingerprint density at radius 1 is 1.33 bits per heavy atom. The van der Waals surface area contributed by atoms with Gasteiger partial charge in [-0.3, -0.25) is 14.9 Å². The maximum atomic E-state index is 12.1. The van der Waals surface area contributed by atoms with Gasteiger partial charge in [-0.05, 0) is 35.9 Å². The van der Waals surface area contributed by atoms with E-state index < -0.39 is 16.8 Å². The molecular weight excluding hydrogens is 334 g/mol. The first-order valence-corrected chi connectivity index (χ1v) is 7.28. The summed E-state index contributed by atoms with van der Waals surface area (Å²) in [5.74, 6) is -1.79. The fourth-order valence-corrected chi connectivity index (χ4v) is 2.40. The van der Waals surface area contributed by atoms with Crippen molar-refractivity contribution in [1.29, 1.82) is 5.26 Å². The minimum absolute atomic E-state index is 0.0645. The predicted octanol–water partition coefficient (Wildman–Crippen LogP) is 2.90. The molecule has 0 aliphatic rings. The zero-order valence-electron chi connectivity index (χ0n) is 11.9.